The fraction of sp³-hybridized carbons (Fsp3) is 0.211. The first-order valence-corrected chi connectivity index (χ1v) is 9.27. The lowest BCUT2D eigenvalue weighted by atomic mass is 10.0. The van der Waals surface area contributed by atoms with Crippen LogP contribution in [0.5, 0.6) is 0 Å². The molecule has 0 aliphatic carbocycles. The van der Waals surface area contributed by atoms with E-state index in [9.17, 15) is 8.78 Å². The lowest BCUT2D eigenvalue weighted by molar-refractivity contribution is 0.626. The van der Waals surface area contributed by atoms with E-state index < -0.39 is 0 Å². The lowest BCUT2D eigenvalue weighted by Crippen LogP contribution is -2.16. The number of nitrogens with zero attached hydrogens (tertiary/aromatic N) is 4. The van der Waals surface area contributed by atoms with Crippen LogP contribution in [0.15, 0.2) is 48.5 Å². The SMILES string of the molecule is CN(C)c1nc(N)nc(CSC(c2ccc(F)cc2)c2ccc(F)cc2)n1. The van der Waals surface area contributed by atoms with Gasteiger partial charge < -0.3 is 10.6 Å². The Kier molecular flexibility index (Phi) is 5.85. The summed E-state index contributed by atoms with van der Waals surface area (Å²) in [6, 6.07) is 12.6. The van der Waals surface area contributed by atoms with E-state index in [0.717, 1.165) is 11.1 Å². The van der Waals surface area contributed by atoms with Crippen LogP contribution in [-0.4, -0.2) is 29.0 Å². The van der Waals surface area contributed by atoms with Gasteiger partial charge in [0.05, 0.1) is 11.0 Å². The van der Waals surface area contributed by atoms with Crippen molar-refractivity contribution in [3.8, 4) is 0 Å². The van der Waals surface area contributed by atoms with Gasteiger partial charge in [-0.1, -0.05) is 24.3 Å². The van der Waals surface area contributed by atoms with Crippen LogP contribution in [0.4, 0.5) is 20.7 Å². The molecule has 0 spiro atoms. The molecule has 140 valence electrons. The number of aromatic nitrogens is 3. The normalized spacial score (nSPS) is 11.0. The summed E-state index contributed by atoms with van der Waals surface area (Å²) in [5, 5.41) is -0.132. The number of hydrogen-bond acceptors (Lipinski definition) is 6. The van der Waals surface area contributed by atoms with Crippen molar-refractivity contribution in [2.75, 3.05) is 24.7 Å². The summed E-state index contributed by atoms with van der Waals surface area (Å²) < 4.78 is 26.6. The summed E-state index contributed by atoms with van der Waals surface area (Å²) in [6.07, 6.45) is 0. The molecule has 0 atom stereocenters. The molecule has 0 unspecified atom stereocenters. The van der Waals surface area contributed by atoms with Crippen molar-refractivity contribution in [1.29, 1.82) is 0 Å². The standard InChI is InChI=1S/C19H19F2N5S/c1-26(2)19-24-16(23-18(22)25-19)11-27-17(12-3-7-14(20)8-4-12)13-5-9-15(21)10-6-13/h3-10,17H,11H2,1-2H3,(H2,22,23,24,25). The molecule has 0 bridgehead atoms. The van der Waals surface area contributed by atoms with Crippen LogP contribution in [0.1, 0.15) is 22.2 Å². The van der Waals surface area contributed by atoms with Crippen molar-refractivity contribution < 1.29 is 8.78 Å². The number of hydrogen-bond donors (Lipinski definition) is 1. The number of anilines is 2. The smallest absolute Gasteiger partial charge is 0.229 e. The summed E-state index contributed by atoms with van der Waals surface area (Å²) in [7, 11) is 3.65. The Morgan fingerprint density at radius 3 is 1.89 bits per heavy atom. The topological polar surface area (TPSA) is 67.9 Å². The highest BCUT2D eigenvalue weighted by atomic mass is 32.2. The van der Waals surface area contributed by atoms with E-state index in [-0.39, 0.29) is 22.8 Å². The first-order valence-electron chi connectivity index (χ1n) is 8.22. The molecule has 27 heavy (non-hydrogen) atoms. The Morgan fingerprint density at radius 1 is 0.889 bits per heavy atom. The zero-order valence-electron chi connectivity index (χ0n) is 14.9. The molecule has 2 N–H and O–H groups in total. The average Bonchev–Trinajstić information content (AvgIpc) is 2.64. The molecular weight excluding hydrogens is 368 g/mol. The largest absolute Gasteiger partial charge is 0.368 e. The molecule has 0 radical (unpaired) electrons. The first kappa shape index (κ1) is 19.0. The first-order chi connectivity index (χ1) is 12.9. The van der Waals surface area contributed by atoms with Crippen molar-refractivity contribution in [2.24, 2.45) is 0 Å². The monoisotopic (exact) mass is 387 g/mol. The second-order valence-corrected chi connectivity index (χ2v) is 7.19. The van der Waals surface area contributed by atoms with Gasteiger partial charge in [0.1, 0.15) is 17.5 Å². The maximum absolute atomic E-state index is 13.3. The second-order valence-electron chi connectivity index (χ2n) is 6.10. The van der Waals surface area contributed by atoms with E-state index in [1.54, 1.807) is 40.9 Å². The number of rotatable bonds is 6. The molecule has 0 saturated carbocycles. The van der Waals surface area contributed by atoms with Gasteiger partial charge in [-0.05, 0) is 35.4 Å². The molecule has 1 heterocycles. The van der Waals surface area contributed by atoms with Gasteiger partial charge in [-0.3, -0.25) is 0 Å². The molecule has 3 aromatic rings. The Balaban J connectivity index is 1.88. The van der Waals surface area contributed by atoms with Gasteiger partial charge in [0.25, 0.3) is 0 Å². The molecule has 5 nitrogen and oxygen atoms in total. The number of nitrogen functional groups attached to an aromatic ring is 1. The van der Waals surface area contributed by atoms with Crippen LogP contribution in [-0.2, 0) is 5.75 Å². The van der Waals surface area contributed by atoms with Crippen molar-refractivity contribution >= 4 is 23.7 Å². The minimum atomic E-state index is -0.303. The van der Waals surface area contributed by atoms with Gasteiger partial charge in [0.15, 0.2) is 0 Å². The summed E-state index contributed by atoms with van der Waals surface area (Å²) >= 11 is 1.55. The van der Waals surface area contributed by atoms with Gasteiger partial charge in [0.2, 0.25) is 11.9 Å². The zero-order valence-corrected chi connectivity index (χ0v) is 15.8. The van der Waals surface area contributed by atoms with Crippen LogP contribution in [0.3, 0.4) is 0 Å². The van der Waals surface area contributed by atoms with Crippen LogP contribution >= 0.6 is 11.8 Å². The highest BCUT2D eigenvalue weighted by Gasteiger charge is 2.17. The fourth-order valence-corrected chi connectivity index (χ4v) is 3.65. The summed E-state index contributed by atoms with van der Waals surface area (Å²) in [5.74, 6) is 1.05. The highest BCUT2D eigenvalue weighted by molar-refractivity contribution is 7.98. The van der Waals surface area contributed by atoms with Crippen molar-refractivity contribution in [3.63, 3.8) is 0 Å². The Labute approximate surface area is 160 Å². The third-order valence-electron chi connectivity index (χ3n) is 3.81. The zero-order chi connectivity index (χ0) is 19.4. The van der Waals surface area contributed by atoms with Gasteiger partial charge in [-0.15, -0.1) is 11.8 Å². The van der Waals surface area contributed by atoms with Gasteiger partial charge in [-0.25, -0.2) is 8.78 Å². The van der Waals surface area contributed by atoms with Crippen molar-refractivity contribution in [2.45, 2.75) is 11.0 Å². The molecule has 0 aliphatic heterocycles. The quantitative estimate of drug-likeness (QED) is 0.694. The van der Waals surface area contributed by atoms with Crippen LogP contribution in [0, 0.1) is 11.6 Å². The molecule has 1 aromatic heterocycles. The Hall–Kier alpha value is -2.74. The molecule has 0 amide bonds. The molecule has 0 aliphatic rings. The Bertz CT molecular complexity index is 855. The molecule has 3 rings (SSSR count). The van der Waals surface area contributed by atoms with E-state index in [1.807, 2.05) is 14.1 Å². The lowest BCUT2D eigenvalue weighted by Gasteiger charge is -2.18. The molecule has 2 aromatic carbocycles. The van der Waals surface area contributed by atoms with Gasteiger partial charge in [0, 0.05) is 14.1 Å². The van der Waals surface area contributed by atoms with E-state index in [4.69, 9.17) is 5.73 Å². The minimum absolute atomic E-state index is 0.132. The predicted molar refractivity (Wildman–Crippen MR) is 105 cm³/mol. The number of thioether (sulfide) groups is 1. The van der Waals surface area contributed by atoms with Crippen LogP contribution < -0.4 is 10.6 Å². The third kappa shape index (κ3) is 4.91. The molecule has 8 heteroatoms. The number of halogens is 2. The van der Waals surface area contributed by atoms with Crippen LogP contribution in [0.2, 0.25) is 0 Å². The summed E-state index contributed by atoms with van der Waals surface area (Å²) in [6.45, 7) is 0. The maximum Gasteiger partial charge on any atom is 0.229 e. The highest BCUT2D eigenvalue weighted by Crippen LogP contribution is 2.37. The third-order valence-corrected chi connectivity index (χ3v) is 5.11. The molecule has 0 saturated heterocycles. The van der Waals surface area contributed by atoms with Crippen molar-refractivity contribution in [3.05, 3.63) is 77.1 Å². The minimum Gasteiger partial charge on any atom is -0.368 e. The number of benzene rings is 2. The van der Waals surface area contributed by atoms with Crippen LogP contribution in [0.25, 0.3) is 0 Å². The second kappa shape index (κ2) is 8.30. The average molecular weight is 387 g/mol. The predicted octanol–water partition coefficient (Wildman–Crippen LogP) is 3.82. The van der Waals surface area contributed by atoms with Crippen molar-refractivity contribution in [1.82, 2.24) is 15.0 Å². The van der Waals surface area contributed by atoms with E-state index in [0.29, 0.717) is 17.5 Å². The van der Waals surface area contributed by atoms with E-state index in [1.165, 1.54) is 24.3 Å². The Morgan fingerprint density at radius 2 is 1.41 bits per heavy atom. The number of nitrogens with two attached hydrogens (primary N) is 1. The fourth-order valence-electron chi connectivity index (χ4n) is 2.51. The maximum atomic E-state index is 13.3. The van der Waals surface area contributed by atoms with Gasteiger partial charge in [-0.2, -0.15) is 15.0 Å². The van der Waals surface area contributed by atoms with Gasteiger partial charge >= 0.3 is 0 Å². The molecular formula is C19H19F2N5S. The summed E-state index contributed by atoms with van der Waals surface area (Å²) in [5.41, 5.74) is 7.59. The molecule has 0 fully saturated rings. The van der Waals surface area contributed by atoms with E-state index in [2.05, 4.69) is 15.0 Å². The summed E-state index contributed by atoms with van der Waals surface area (Å²) in [4.78, 5) is 14.4. The van der Waals surface area contributed by atoms with E-state index >= 15 is 0 Å².